The Hall–Kier alpha value is -2.97. The van der Waals surface area contributed by atoms with Crippen LogP contribution in [0.25, 0.3) is 10.9 Å². The van der Waals surface area contributed by atoms with Crippen molar-refractivity contribution >= 4 is 33.0 Å². The van der Waals surface area contributed by atoms with Gasteiger partial charge in [-0.05, 0) is 43.0 Å². The van der Waals surface area contributed by atoms with Crippen molar-refractivity contribution in [3.05, 3.63) is 65.4 Å². The first-order chi connectivity index (χ1) is 14.5. The van der Waals surface area contributed by atoms with E-state index in [0.717, 1.165) is 35.7 Å². The average Bonchev–Trinajstić information content (AvgIpc) is 3.44. The highest BCUT2D eigenvalue weighted by Gasteiger charge is 2.27. The van der Waals surface area contributed by atoms with Gasteiger partial charge in [0.15, 0.2) is 0 Å². The molecule has 1 aliphatic rings. The smallest absolute Gasteiger partial charge is 0.271 e. The number of hydrazone groups is 1. The largest absolute Gasteiger partial charge is 0.360 e. The summed E-state index contributed by atoms with van der Waals surface area (Å²) in [5.41, 5.74) is 5.88. The summed E-state index contributed by atoms with van der Waals surface area (Å²) in [7, 11) is -3.57. The van der Waals surface area contributed by atoms with Gasteiger partial charge in [0, 0.05) is 41.3 Å². The van der Waals surface area contributed by atoms with E-state index in [-0.39, 0.29) is 10.5 Å². The third-order valence-electron chi connectivity index (χ3n) is 5.38. The quantitative estimate of drug-likeness (QED) is 0.470. The molecule has 1 aliphatic heterocycles. The van der Waals surface area contributed by atoms with Crippen LogP contribution in [0.3, 0.4) is 0 Å². The summed E-state index contributed by atoms with van der Waals surface area (Å²) in [6.45, 7) is 3.14. The summed E-state index contributed by atoms with van der Waals surface area (Å²) in [4.78, 5) is 15.9. The molecule has 0 unspecified atom stereocenters. The Morgan fingerprint density at radius 2 is 1.97 bits per heavy atom. The summed E-state index contributed by atoms with van der Waals surface area (Å²) in [6, 6.07) is 12.1. The first-order valence-electron chi connectivity index (χ1n) is 10.0. The van der Waals surface area contributed by atoms with Crippen molar-refractivity contribution in [2.24, 2.45) is 5.10 Å². The summed E-state index contributed by atoms with van der Waals surface area (Å²) in [5, 5.41) is 5.09. The van der Waals surface area contributed by atoms with Gasteiger partial charge < -0.3 is 4.98 Å². The van der Waals surface area contributed by atoms with Crippen molar-refractivity contribution in [3.63, 3.8) is 0 Å². The van der Waals surface area contributed by atoms with Crippen molar-refractivity contribution < 1.29 is 13.2 Å². The van der Waals surface area contributed by atoms with E-state index in [1.54, 1.807) is 18.3 Å². The van der Waals surface area contributed by atoms with E-state index in [4.69, 9.17) is 0 Å². The number of sulfonamides is 1. The molecule has 0 bridgehead atoms. The van der Waals surface area contributed by atoms with E-state index in [2.05, 4.69) is 28.5 Å². The first-order valence-corrected chi connectivity index (χ1v) is 11.5. The van der Waals surface area contributed by atoms with Gasteiger partial charge in [-0.25, -0.2) is 13.8 Å². The number of hydrogen-bond acceptors (Lipinski definition) is 4. The van der Waals surface area contributed by atoms with E-state index in [1.165, 1.54) is 22.0 Å². The van der Waals surface area contributed by atoms with Crippen LogP contribution >= 0.6 is 0 Å². The molecule has 2 heterocycles. The van der Waals surface area contributed by atoms with Crippen LogP contribution in [0.5, 0.6) is 0 Å². The summed E-state index contributed by atoms with van der Waals surface area (Å²) < 4.78 is 26.9. The predicted molar refractivity (Wildman–Crippen MR) is 117 cm³/mol. The fourth-order valence-electron chi connectivity index (χ4n) is 3.74. The normalized spacial score (nSPS) is 15.2. The van der Waals surface area contributed by atoms with Crippen LogP contribution in [-0.2, 0) is 16.4 Å². The second kappa shape index (κ2) is 8.41. The number of carbonyl (C=O) groups is 1. The highest BCUT2D eigenvalue weighted by molar-refractivity contribution is 7.89. The van der Waals surface area contributed by atoms with Gasteiger partial charge in [0.05, 0.1) is 11.1 Å². The molecule has 0 saturated carbocycles. The molecule has 7 nitrogen and oxygen atoms in total. The molecule has 2 N–H and O–H groups in total. The van der Waals surface area contributed by atoms with E-state index >= 15 is 0 Å². The topological polar surface area (TPSA) is 94.6 Å². The van der Waals surface area contributed by atoms with Crippen LogP contribution in [0.15, 0.2) is 58.7 Å². The minimum absolute atomic E-state index is 0.129. The average molecular weight is 425 g/mol. The minimum atomic E-state index is -3.57. The molecule has 1 amide bonds. The Morgan fingerprint density at radius 3 is 2.73 bits per heavy atom. The maximum absolute atomic E-state index is 12.7. The lowest BCUT2D eigenvalue weighted by Gasteiger charge is -2.15. The summed E-state index contributed by atoms with van der Waals surface area (Å²) in [6.07, 6.45) is 6.08. The van der Waals surface area contributed by atoms with Crippen LogP contribution in [0.2, 0.25) is 0 Å². The van der Waals surface area contributed by atoms with Crippen molar-refractivity contribution in [3.8, 4) is 0 Å². The first kappa shape index (κ1) is 20.3. The van der Waals surface area contributed by atoms with Crippen molar-refractivity contribution in [2.45, 2.75) is 31.1 Å². The van der Waals surface area contributed by atoms with Gasteiger partial charge in [-0.3, -0.25) is 4.79 Å². The lowest BCUT2D eigenvalue weighted by molar-refractivity contribution is 0.0955. The zero-order chi connectivity index (χ0) is 21.1. The lowest BCUT2D eigenvalue weighted by Crippen LogP contribution is -2.28. The summed E-state index contributed by atoms with van der Waals surface area (Å²) >= 11 is 0. The zero-order valence-corrected chi connectivity index (χ0v) is 17.6. The van der Waals surface area contributed by atoms with Crippen LogP contribution in [0.4, 0.5) is 0 Å². The third-order valence-corrected chi connectivity index (χ3v) is 7.28. The number of nitrogens with one attached hydrogen (secondary N) is 2. The van der Waals surface area contributed by atoms with E-state index in [0.29, 0.717) is 13.1 Å². The van der Waals surface area contributed by atoms with Gasteiger partial charge >= 0.3 is 0 Å². The Bertz CT molecular complexity index is 1210. The van der Waals surface area contributed by atoms with Gasteiger partial charge in [-0.15, -0.1) is 0 Å². The molecule has 30 heavy (non-hydrogen) atoms. The number of para-hydroxylation sites is 1. The monoisotopic (exact) mass is 424 g/mol. The maximum atomic E-state index is 12.7. The second-order valence-corrected chi connectivity index (χ2v) is 9.21. The van der Waals surface area contributed by atoms with Crippen molar-refractivity contribution in [1.82, 2.24) is 14.7 Å². The number of aromatic amines is 1. The van der Waals surface area contributed by atoms with Gasteiger partial charge in [-0.1, -0.05) is 31.2 Å². The summed E-state index contributed by atoms with van der Waals surface area (Å²) in [5.74, 6) is -0.459. The number of H-pyrrole nitrogens is 1. The number of amides is 1. The fourth-order valence-corrected chi connectivity index (χ4v) is 5.30. The lowest BCUT2D eigenvalue weighted by atomic mass is 10.1. The van der Waals surface area contributed by atoms with Gasteiger partial charge in [0.1, 0.15) is 0 Å². The minimum Gasteiger partial charge on any atom is -0.360 e. The van der Waals surface area contributed by atoms with Crippen LogP contribution < -0.4 is 5.43 Å². The molecular formula is C22H24N4O3S. The molecule has 0 aliphatic carbocycles. The van der Waals surface area contributed by atoms with Crippen LogP contribution in [0, 0.1) is 0 Å². The Balaban J connectivity index is 1.50. The molecule has 8 heteroatoms. The molecule has 1 aromatic heterocycles. The Labute approximate surface area is 175 Å². The molecule has 1 fully saturated rings. The van der Waals surface area contributed by atoms with Gasteiger partial charge in [0.2, 0.25) is 10.0 Å². The number of aryl methyl sites for hydroxylation is 1. The van der Waals surface area contributed by atoms with E-state index < -0.39 is 15.9 Å². The highest BCUT2D eigenvalue weighted by Crippen LogP contribution is 2.22. The SMILES string of the molecule is CCc1cccc2c(C=NNC(=O)c3cccc(S(=O)(=O)N4CCCC4)c3)c[nH]c12. The number of benzene rings is 2. The molecule has 0 spiro atoms. The molecule has 156 valence electrons. The Kier molecular flexibility index (Phi) is 5.69. The number of carbonyl (C=O) groups excluding carboxylic acids is 1. The van der Waals surface area contributed by atoms with E-state index in [1.807, 2.05) is 18.3 Å². The Morgan fingerprint density at radius 1 is 1.20 bits per heavy atom. The van der Waals surface area contributed by atoms with Crippen molar-refractivity contribution in [2.75, 3.05) is 13.1 Å². The molecule has 0 radical (unpaired) electrons. The molecule has 2 aromatic carbocycles. The molecule has 4 rings (SSSR count). The third kappa shape index (κ3) is 3.88. The van der Waals surface area contributed by atoms with Gasteiger partial charge in [-0.2, -0.15) is 9.41 Å². The van der Waals surface area contributed by atoms with Gasteiger partial charge in [0.25, 0.3) is 5.91 Å². The number of nitrogens with zero attached hydrogens (tertiary/aromatic N) is 2. The molecule has 3 aromatic rings. The second-order valence-electron chi connectivity index (χ2n) is 7.28. The van der Waals surface area contributed by atoms with Crippen LogP contribution in [0.1, 0.15) is 41.3 Å². The molecule has 1 saturated heterocycles. The zero-order valence-electron chi connectivity index (χ0n) is 16.8. The van der Waals surface area contributed by atoms with E-state index in [9.17, 15) is 13.2 Å². The van der Waals surface area contributed by atoms with Crippen molar-refractivity contribution in [1.29, 1.82) is 0 Å². The highest BCUT2D eigenvalue weighted by atomic mass is 32.2. The predicted octanol–water partition coefficient (Wildman–Crippen LogP) is 3.28. The number of hydrogen-bond donors (Lipinski definition) is 2. The number of aromatic nitrogens is 1. The fraction of sp³-hybridized carbons (Fsp3) is 0.273. The number of fused-ring (bicyclic) bond motifs is 1. The number of rotatable bonds is 6. The molecule has 0 atom stereocenters. The molecular weight excluding hydrogens is 400 g/mol. The van der Waals surface area contributed by atoms with Crippen LogP contribution in [-0.4, -0.2) is 42.9 Å². The maximum Gasteiger partial charge on any atom is 0.271 e. The standard InChI is InChI=1S/C22H24N4O3S/c1-2-16-7-6-10-20-18(14-23-21(16)20)15-24-25-22(27)17-8-5-9-19(13-17)30(28,29)26-11-3-4-12-26/h5-10,13-15,23H,2-4,11-12H2,1H3,(H,25,27).